The van der Waals surface area contributed by atoms with Gasteiger partial charge in [0, 0.05) is 17.6 Å². The van der Waals surface area contributed by atoms with E-state index in [0.29, 0.717) is 22.6 Å². The van der Waals surface area contributed by atoms with Gasteiger partial charge in [-0.2, -0.15) is 13.2 Å². The molecule has 1 atom stereocenters. The van der Waals surface area contributed by atoms with Crippen LogP contribution in [-0.2, 0) is 26.8 Å². The second kappa shape index (κ2) is 8.15. The molecule has 1 unspecified atom stereocenters. The molecule has 0 bridgehead atoms. The average Bonchev–Trinajstić information content (AvgIpc) is 3.00. The Balaban J connectivity index is 1.98. The van der Waals surface area contributed by atoms with Gasteiger partial charge in [-0.1, -0.05) is 12.1 Å². The molecule has 0 spiro atoms. The number of aliphatic hydroxyl groups is 1. The summed E-state index contributed by atoms with van der Waals surface area (Å²) < 4.78 is 62.4. The predicted molar refractivity (Wildman–Crippen MR) is 95.9 cm³/mol. The highest BCUT2D eigenvalue weighted by atomic mass is 32.2. The van der Waals surface area contributed by atoms with E-state index < -0.39 is 39.1 Å². The van der Waals surface area contributed by atoms with Gasteiger partial charge < -0.3 is 10.4 Å². The van der Waals surface area contributed by atoms with Gasteiger partial charge in [0.1, 0.15) is 5.01 Å². The average molecular weight is 437 g/mol. The molecular formula is C16H18F3N3O4S2. The number of hydrogen-bond acceptors (Lipinski definition) is 6. The Labute approximate surface area is 163 Å². The minimum absolute atomic E-state index is 0.00160. The van der Waals surface area contributed by atoms with E-state index in [-0.39, 0.29) is 17.9 Å². The minimum Gasteiger partial charge on any atom is -0.374 e. The highest BCUT2D eigenvalue weighted by Crippen LogP contribution is 2.42. The van der Waals surface area contributed by atoms with E-state index in [2.05, 4.69) is 10.3 Å². The summed E-state index contributed by atoms with van der Waals surface area (Å²) in [5.41, 5.74) is -2.41. The highest BCUT2D eigenvalue weighted by Gasteiger charge is 2.58. The number of hydrogen-bond donors (Lipinski definition) is 3. The summed E-state index contributed by atoms with van der Waals surface area (Å²) in [4.78, 5) is 15.6. The Morgan fingerprint density at radius 1 is 1.29 bits per heavy atom. The standard InChI is InChI=1S/C16H18F3N3O4S2/c1-10-9-27-14(22-10)15(24,16(17,18)19)8-13(23)21-7-6-11-2-4-12(5-3-11)28(20,25)26/h2-5,9,24H,6-8H2,1H3,(H,21,23)(H2,20,25,26). The first-order valence-corrected chi connectivity index (χ1v) is 10.4. The first kappa shape index (κ1) is 22.3. The van der Waals surface area contributed by atoms with E-state index in [1.54, 1.807) is 0 Å². The lowest BCUT2D eigenvalue weighted by atomic mass is 9.99. The molecular weight excluding hydrogens is 419 g/mol. The largest absolute Gasteiger partial charge is 0.424 e. The van der Waals surface area contributed by atoms with Crippen molar-refractivity contribution in [2.75, 3.05) is 6.54 Å². The van der Waals surface area contributed by atoms with Crippen LogP contribution >= 0.6 is 11.3 Å². The van der Waals surface area contributed by atoms with Crippen LogP contribution in [0.5, 0.6) is 0 Å². The molecule has 2 aromatic rings. The van der Waals surface area contributed by atoms with E-state index in [4.69, 9.17) is 5.14 Å². The van der Waals surface area contributed by atoms with Gasteiger partial charge >= 0.3 is 6.18 Å². The third-order valence-electron chi connectivity index (χ3n) is 3.85. The van der Waals surface area contributed by atoms with Crippen molar-refractivity contribution >= 4 is 27.3 Å². The predicted octanol–water partition coefficient (Wildman–Crippen LogP) is 1.60. The number of carbonyl (C=O) groups is 1. The molecule has 0 aliphatic rings. The Morgan fingerprint density at radius 2 is 1.89 bits per heavy atom. The normalized spacial score (nSPS) is 14.5. The number of aryl methyl sites for hydroxylation is 1. The van der Waals surface area contributed by atoms with E-state index in [9.17, 15) is 31.5 Å². The summed E-state index contributed by atoms with van der Waals surface area (Å²) in [7, 11) is -3.82. The molecule has 1 aromatic carbocycles. The van der Waals surface area contributed by atoms with Crippen molar-refractivity contribution in [2.24, 2.45) is 5.14 Å². The van der Waals surface area contributed by atoms with Crippen LogP contribution in [0.15, 0.2) is 34.5 Å². The van der Waals surface area contributed by atoms with Gasteiger partial charge in [-0.3, -0.25) is 4.79 Å². The number of aromatic nitrogens is 1. The molecule has 1 heterocycles. The Bertz CT molecular complexity index is 943. The van der Waals surface area contributed by atoms with E-state index >= 15 is 0 Å². The smallest absolute Gasteiger partial charge is 0.374 e. The van der Waals surface area contributed by atoms with Gasteiger partial charge in [0.15, 0.2) is 0 Å². The maximum atomic E-state index is 13.4. The molecule has 0 aliphatic heterocycles. The van der Waals surface area contributed by atoms with Crippen molar-refractivity contribution in [3.05, 3.63) is 45.9 Å². The maximum absolute atomic E-state index is 13.4. The number of nitrogens with two attached hydrogens (primary N) is 1. The summed E-state index contributed by atoms with van der Waals surface area (Å²) in [6.45, 7) is 1.48. The van der Waals surface area contributed by atoms with Crippen molar-refractivity contribution < 1.29 is 31.5 Å². The second-order valence-corrected chi connectivity index (χ2v) is 8.54. The number of benzene rings is 1. The topological polar surface area (TPSA) is 122 Å². The Kier molecular flexibility index (Phi) is 6.48. The SMILES string of the molecule is Cc1csc(C(O)(CC(=O)NCCc2ccc(S(N)(=O)=O)cc2)C(F)(F)F)n1. The molecule has 7 nitrogen and oxygen atoms in total. The molecule has 1 aromatic heterocycles. The number of carbonyl (C=O) groups excluding carboxylic acids is 1. The van der Waals surface area contributed by atoms with Gasteiger partial charge in [0.2, 0.25) is 21.5 Å². The van der Waals surface area contributed by atoms with Gasteiger partial charge in [-0.15, -0.1) is 11.3 Å². The number of nitrogens with zero attached hydrogens (tertiary/aromatic N) is 1. The maximum Gasteiger partial charge on any atom is 0.424 e. The highest BCUT2D eigenvalue weighted by molar-refractivity contribution is 7.89. The molecule has 4 N–H and O–H groups in total. The summed E-state index contributed by atoms with van der Waals surface area (Å²) in [5.74, 6) is -0.992. The molecule has 2 rings (SSSR count). The van der Waals surface area contributed by atoms with Crippen LogP contribution in [0.2, 0.25) is 0 Å². The monoisotopic (exact) mass is 437 g/mol. The van der Waals surface area contributed by atoms with Crippen LogP contribution in [0.25, 0.3) is 0 Å². The third kappa shape index (κ3) is 5.28. The molecule has 0 radical (unpaired) electrons. The van der Waals surface area contributed by atoms with E-state index in [1.807, 2.05) is 0 Å². The van der Waals surface area contributed by atoms with Crippen molar-refractivity contribution in [1.29, 1.82) is 0 Å². The minimum atomic E-state index is -5.07. The van der Waals surface area contributed by atoms with Crippen LogP contribution < -0.4 is 10.5 Å². The van der Waals surface area contributed by atoms with Crippen LogP contribution in [0.1, 0.15) is 22.7 Å². The number of thiazole rings is 1. The van der Waals surface area contributed by atoms with Crippen LogP contribution in [-0.4, -0.2) is 37.1 Å². The molecule has 154 valence electrons. The Hall–Kier alpha value is -2.02. The summed E-state index contributed by atoms with van der Waals surface area (Å²) in [6, 6.07) is 5.55. The molecule has 0 saturated heterocycles. The number of halogens is 3. The van der Waals surface area contributed by atoms with Crippen molar-refractivity contribution in [2.45, 2.75) is 36.4 Å². The lowest BCUT2D eigenvalue weighted by molar-refractivity contribution is -0.267. The van der Waals surface area contributed by atoms with E-state index in [1.165, 1.54) is 36.6 Å². The Morgan fingerprint density at radius 3 is 2.36 bits per heavy atom. The number of rotatable bonds is 7. The van der Waals surface area contributed by atoms with Crippen LogP contribution in [0, 0.1) is 6.92 Å². The fourth-order valence-corrected chi connectivity index (χ4v) is 3.76. The molecule has 0 saturated carbocycles. The van der Waals surface area contributed by atoms with Crippen LogP contribution in [0.4, 0.5) is 13.2 Å². The molecule has 12 heteroatoms. The summed E-state index contributed by atoms with van der Waals surface area (Å²) in [5, 5.41) is 18.2. The first-order valence-electron chi connectivity index (χ1n) is 7.93. The van der Waals surface area contributed by atoms with Crippen molar-refractivity contribution in [1.82, 2.24) is 10.3 Å². The molecule has 1 amide bonds. The van der Waals surface area contributed by atoms with Gasteiger partial charge in [-0.25, -0.2) is 18.5 Å². The molecule has 28 heavy (non-hydrogen) atoms. The number of amides is 1. The number of nitrogens with one attached hydrogen (secondary N) is 1. The quantitative estimate of drug-likeness (QED) is 0.607. The summed E-state index contributed by atoms with van der Waals surface area (Å²) in [6.07, 6.45) is -6.04. The first-order chi connectivity index (χ1) is 12.8. The molecule has 0 fully saturated rings. The zero-order valence-corrected chi connectivity index (χ0v) is 16.3. The zero-order valence-electron chi connectivity index (χ0n) is 14.7. The zero-order chi connectivity index (χ0) is 21.2. The number of sulfonamides is 1. The van der Waals surface area contributed by atoms with Gasteiger partial charge in [0.25, 0.3) is 0 Å². The summed E-state index contributed by atoms with van der Waals surface area (Å²) >= 11 is 0.629. The fraction of sp³-hybridized carbons (Fsp3) is 0.375. The molecule has 0 aliphatic carbocycles. The number of primary sulfonamides is 1. The van der Waals surface area contributed by atoms with Gasteiger partial charge in [0.05, 0.1) is 11.3 Å². The van der Waals surface area contributed by atoms with Gasteiger partial charge in [-0.05, 0) is 31.0 Å². The second-order valence-electron chi connectivity index (χ2n) is 6.12. The lowest BCUT2D eigenvalue weighted by Crippen LogP contribution is -2.46. The van der Waals surface area contributed by atoms with Crippen molar-refractivity contribution in [3.8, 4) is 0 Å². The third-order valence-corrected chi connectivity index (χ3v) is 5.89. The van der Waals surface area contributed by atoms with Crippen molar-refractivity contribution in [3.63, 3.8) is 0 Å². The van der Waals surface area contributed by atoms with E-state index in [0.717, 1.165) is 0 Å². The fourth-order valence-electron chi connectivity index (χ4n) is 2.33. The number of alkyl halides is 3. The lowest BCUT2D eigenvalue weighted by Gasteiger charge is -2.27. The van der Waals surface area contributed by atoms with Crippen LogP contribution in [0.3, 0.4) is 0 Å².